The number of esters is 1. The molecule has 0 amide bonds. The second-order valence-electron chi connectivity index (χ2n) is 3.03. The Kier molecular flexibility index (Phi) is 4.49. The summed E-state index contributed by atoms with van der Waals surface area (Å²) in [4.78, 5) is 12.2. The Morgan fingerprint density at radius 1 is 1.67 bits per heavy atom. The molecule has 0 bridgehead atoms. The van der Waals surface area contributed by atoms with Crippen LogP contribution in [0.5, 0.6) is 0 Å². The highest BCUT2D eigenvalue weighted by molar-refractivity contribution is 7.99. The predicted molar refractivity (Wildman–Crippen MR) is 59.9 cm³/mol. The molecule has 1 aromatic rings. The van der Waals surface area contributed by atoms with Gasteiger partial charge in [-0.2, -0.15) is 0 Å². The summed E-state index contributed by atoms with van der Waals surface area (Å²) in [6.45, 7) is 3.66. The fraction of sp³-hybridized carbons (Fsp3) is 0.364. The predicted octanol–water partition coefficient (Wildman–Crippen LogP) is 2.80. The zero-order chi connectivity index (χ0) is 11.3. The molecule has 0 aliphatic carbocycles. The molecule has 1 rings (SSSR count). The van der Waals surface area contributed by atoms with E-state index < -0.39 is 0 Å². The fourth-order valence-corrected chi connectivity index (χ4v) is 1.94. The number of carbonyl (C=O) groups excluding carboxylic acids is 1. The third-order valence-corrected chi connectivity index (χ3v) is 3.01. The Hall–Kier alpha value is -1.16. The first kappa shape index (κ1) is 11.9. The Morgan fingerprint density at radius 3 is 2.93 bits per heavy atom. The third kappa shape index (κ3) is 3.47. The minimum Gasteiger partial charge on any atom is -0.468 e. The molecule has 0 aliphatic heterocycles. The van der Waals surface area contributed by atoms with Crippen molar-refractivity contribution in [2.45, 2.75) is 18.7 Å². The first-order valence-electron chi connectivity index (χ1n) is 4.57. The van der Waals surface area contributed by atoms with Crippen LogP contribution in [-0.4, -0.2) is 18.8 Å². The van der Waals surface area contributed by atoms with Crippen LogP contribution < -0.4 is 0 Å². The zero-order valence-electron chi connectivity index (χ0n) is 9.07. The molecule has 0 atom stereocenters. The molecule has 0 fully saturated rings. The van der Waals surface area contributed by atoms with Gasteiger partial charge in [0.2, 0.25) is 0 Å². The minimum absolute atomic E-state index is 0.278. The Morgan fingerprint density at radius 2 is 2.40 bits per heavy atom. The van der Waals surface area contributed by atoms with E-state index in [0.717, 1.165) is 16.4 Å². The average molecular weight is 226 g/mol. The highest BCUT2D eigenvalue weighted by atomic mass is 32.2. The maximum atomic E-state index is 11.1. The van der Waals surface area contributed by atoms with Gasteiger partial charge in [-0.05, 0) is 19.9 Å². The van der Waals surface area contributed by atoms with E-state index in [2.05, 4.69) is 4.74 Å². The second-order valence-corrected chi connectivity index (χ2v) is 4.09. The van der Waals surface area contributed by atoms with E-state index in [4.69, 9.17) is 4.42 Å². The van der Waals surface area contributed by atoms with Crippen molar-refractivity contribution in [2.24, 2.45) is 0 Å². The highest BCUT2D eigenvalue weighted by Gasteiger charge is 2.03. The maximum absolute atomic E-state index is 11.1. The van der Waals surface area contributed by atoms with E-state index in [1.165, 1.54) is 7.11 Å². The second kappa shape index (κ2) is 5.66. The molecule has 0 unspecified atom stereocenters. The van der Waals surface area contributed by atoms with Gasteiger partial charge in [0.1, 0.15) is 5.76 Å². The lowest BCUT2D eigenvalue weighted by atomic mass is 10.3. The van der Waals surface area contributed by atoms with Crippen molar-refractivity contribution in [1.82, 2.24) is 0 Å². The summed E-state index contributed by atoms with van der Waals surface area (Å²) in [5, 5.41) is 0. The largest absolute Gasteiger partial charge is 0.468 e. The van der Waals surface area contributed by atoms with Crippen LogP contribution in [0.3, 0.4) is 0 Å². The van der Waals surface area contributed by atoms with Gasteiger partial charge < -0.3 is 9.15 Å². The van der Waals surface area contributed by atoms with E-state index in [-0.39, 0.29) is 5.97 Å². The molecule has 82 valence electrons. The quantitative estimate of drug-likeness (QED) is 0.449. The van der Waals surface area contributed by atoms with Gasteiger partial charge in [-0.3, -0.25) is 0 Å². The number of thioether (sulfide) groups is 1. The summed E-state index contributed by atoms with van der Waals surface area (Å²) in [6, 6.07) is 1.92. The van der Waals surface area contributed by atoms with Crippen molar-refractivity contribution in [2.75, 3.05) is 12.9 Å². The zero-order valence-corrected chi connectivity index (χ0v) is 9.89. The Labute approximate surface area is 93.5 Å². The maximum Gasteiger partial charge on any atom is 0.333 e. The summed E-state index contributed by atoms with van der Waals surface area (Å²) in [7, 11) is 1.38. The molecule has 1 heterocycles. The molecule has 0 radical (unpaired) electrons. The van der Waals surface area contributed by atoms with Crippen LogP contribution in [0.15, 0.2) is 33.3 Å². The highest BCUT2D eigenvalue weighted by Crippen LogP contribution is 2.23. The molecule has 1 aromatic heterocycles. The Bertz CT molecular complexity index is 366. The van der Waals surface area contributed by atoms with Crippen LogP contribution in [0.1, 0.15) is 12.7 Å². The van der Waals surface area contributed by atoms with Crippen molar-refractivity contribution < 1.29 is 13.9 Å². The SMILES string of the molecule is COC(=O)/C(C)=C/CSc1ccoc1C. The number of rotatable bonds is 4. The lowest BCUT2D eigenvalue weighted by Crippen LogP contribution is -2.01. The fourth-order valence-electron chi connectivity index (χ4n) is 1.02. The average Bonchev–Trinajstić information content (AvgIpc) is 2.63. The van der Waals surface area contributed by atoms with E-state index in [1.54, 1.807) is 24.9 Å². The molecule has 0 saturated heterocycles. The van der Waals surface area contributed by atoms with Crippen LogP contribution in [0, 0.1) is 6.92 Å². The van der Waals surface area contributed by atoms with Gasteiger partial charge in [-0.15, -0.1) is 11.8 Å². The Balaban J connectivity index is 2.45. The van der Waals surface area contributed by atoms with Crippen molar-refractivity contribution in [3.05, 3.63) is 29.7 Å². The molecule has 0 saturated carbocycles. The summed E-state index contributed by atoms with van der Waals surface area (Å²) < 4.78 is 9.75. The van der Waals surface area contributed by atoms with Gasteiger partial charge in [0.15, 0.2) is 0 Å². The third-order valence-electron chi connectivity index (χ3n) is 1.95. The van der Waals surface area contributed by atoms with E-state index in [9.17, 15) is 4.79 Å². The van der Waals surface area contributed by atoms with Crippen molar-refractivity contribution in [3.63, 3.8) is 0 Å². The monoisotopic (exact) mass is 226 g/mol. The van der Waals surface area contributed by atoms with Crippen LogP contribution in [0.2, 0.25) is 0 Å². The molecule has 3 nitrogen and oxygen atoms in total. The standard InChI is InChI=1S/C11H14O3S/c1-8(11(12)13-3)5-7-15-10-4-6-14-9(10)2/h4-6H,7H2,1-3H3/b8-5+. The molecular formula is C11H14O3S. The van der Waals surface area contributed by atoms with Crippen LogP contribution >= 0.6 is 11.8 Å². The van der Waals surface area contributed by atoms with Crippen molar-refractivity contribution in [3.8, 4) is 0 Å². The number of ether oxygens (including phenoxy) is 1. The van der Waals surface area contributed by atoms with Gasteiger partial charge in [-0.25, -0.2) is 4.79 Å². The van der Waals surface area contributed by atoms with Gasteiger partial charge >= 0.3 is 5.97 Å². The molecule has 0 aromatic carbocycles. The molecule has 15 heavy (non-hydrogen) atoms. The van der Waals surface area contributed by atoms with Crippen molar-refractivity contribution in [1.29, 1.82) is 0 Å². The first-order valence-corrected chi connectivity index (χ1v) is 5.55. The van der Waals surface area contributed by atoms with Crippen molar-refractivity contribution >= 4 is 17.7 Å². The summed E-state index contributed by atoms with van der Waals surface area (Å²) in [5.41, 5.74) is 0.631. The number of hydrogen-bond acceptors (Lipinski definition) is 4. The smallest absolute Gasteiger partial charge is 0.333 e. The van der Waals surface area contributed by atoms with E-state index in [0.29, 0.717) is 5.57 Å². The molecule has 0 aliphatic rings. The number of carbonyl (C=O) groups is 1. The summed E-state index contributed by atoms with van der Waals surface area (Å²) in [5.74, 6) is 1.37. The topological polar surface area (TPSA) is 39.4 Å². The summed E-state index contributed by atoms with van der Waals surface area (Å²) >= 11 is 1.63. The number of methoxy groups -OCH3 is 1. The number of hydrogen-bond donors (Lipinski definition) is 0. The number of aryl methyl sites for hydroxylation is 1. The normalized spacial score (nSPS) is 11.5. The first-order chi connectivity index (χ1) is 7.15. The van der Waals surface area contributed by atoms with Crippen LogP contribution in [-0.2, 0) is 9.53 Å². The lowest BCUT2D eigenvalue weighted by Gasteiger charge is -1.98. The molecule has 0 spiro atoms. The molecule has 0 N–H and O–H groups in total. The molecular weight excluding hydrogens is 212 g/mol. The minimum atomic E-state index is -0.278. The summed E-state index contributed by atoms with van der Waals surface area (Å²) in [6.07, 6.45) is 3.51. The van der Waals surface area contributed by atoms with Gasteiger partial charge in [-0.1, -0.05) is 6.08 Å². The van der Waals surface area contributed by atoms with E-state index >= 15 is 0 Å². The van der Waals surface area contributed by atoms with Crippen LogP contribution in [0.25, 0.3) is 0 Å². The number of furan rings is 1. The molecule has 4 heteroatoms. The lowest BCUT2D eigenvalue weighted by molar-refractivity contribution is -0.136. The van der Waals surface area contributed by atoms with Gasteiger partial charge in [0, 0.05) is 16.2 Å². The van der Waals surface area contributed by atoms with E-state index in [1.807, 2.05) is 19.1 Å². The van der Waals surface area contributed by atoms with Gasteiger partial charge in [0.25, 0.3) is 0 Å². The van der Waals surface area contributed by atoms with Gasteiger partial charge in [0.05, 0.1) is 13.4 Å². The van der Waals surface area contributed by atoms with Crippen LogP contribution in [0.4, 0.5) is 0 Å².